The standard InChI is InChI=1S/C21H34N4O4/c1-3-27-20(26)25-12-8-17(9-13-25)24-19(22-11-7-18-6-4-14-28-18)23-16-21(2)10-5-15-29-21/h4,6,14,17H,3,5,7-13,15-16H2,1-2H3,(H2,22,23,24). The number of likely N-dealkylation sites (tertiary alicyclic amines) is 1. The molecule has 2 fully saturated rings. The first-order chi connectivity index (χ1) is 14.1. The highest BCUT2D eigenvalue weighted by atomic mass is 16.6. The van der Waals surface area contributed by atoms with Gasteiger partial charge in [-0.15, -0.1) is 0 Å². The van der Waals surface area contributed by atoms with Gasteiger partial charge in [-0.3, -0.25) is 4.99 Å². The Labute approximate surface area is 173 Å². The lowest BCUT2D eigenvalue weighted by molar-refractivity contribution is 0.0283. The minimum absolute atomic E-state index is 0.178. The van der Waals surface area contributed by atoms with E-state index < -0.39 is 0 Å². The summed E-state index contributed by atoms with van der Waals surface area (Å²) in [6.07, 6.45) is 6.13. The van der Waals surface area contributed by atoms with Crippen LogP contribution in [0.5, 0.6) is 0 Å². The van der Waals surface area contributed by atoms with Gasteiger partial charge in [0.1, 0.15) is 5.76 Å². The largest absolute Gasteiger partial charge is 0.469 e. The molecule has 1 amide bonds. The monoisotopic (exact) mass is 406 g/mol. The number of nitrogens with one attached hydrogen (secondary N) is 2. The van der Waals surface area contributed by atoms with Crippen LogP contribution in [0.4, 0.5) is 4.79 Å². The van der Waals surface area contributed by atoms with Crippen LogP contribution in [0.25, 0.3) is 0 Å². The van der Waals surface area contributed by atoms with E-state index in [-0.39, 0.29) is 17.7 Å². The number of ether oxygens (including phenoxy) is 2. The molecule has 2 aliphatic rings. The number of nitrogens with zero attached hydrogens (tertiary/aromatic N) is 2. The molecule has 0 bridgehead atoms. The van der Waals surface area contributed by atoms with Crippen molar-refractivity contribution in [3.63, 3.8) is 0 Å². The van der Waals surface area contributed by atoms with Crippen molar-refractivity contribution in [1.29, 1.82) is 0 Å². The third-order valence-corrected chi connectivity index (χ3v) is 5.48. The van der Waals surface area contributed by atoms with Crippen molar-refractivity contribution in [2.45, 2.75) is 57.6 Å². The van der Waals surface area contributed by atoms with E-state index >= 15 is 0 Å². The van der Waals surface area contributed by atoms with Gasteiger partial charge in [0.05, 0.1) is 25.0 Å². The molecule has 2 aliphatic heterocycles. The van der Waals surface area contributed by atoms with Crippen LogP contribution in [0, 0.1) is 0 Å². The molecule has 1 unspecified atom stereocenters. The molecule has 3 rings (SSSR count). The third-order valence-electron chi connectivity index (χ3n) is 5.48. The summed E-state index contributed by atoms with van der Waals surface area (Å²) in [5.74, 6) is 1.74. The van der Waals surface area contributed by atoms with Gasteiger partial charge in [-0.05, 0) is 51.7 Å². The highest BCUT2D eigenvalue weighted by Gasteiger charge is 2.30. The van der Waals surface area contributed by atoms with Gasteiger partial charge >= 0.3 is 6.09 Å². The molecule has 0 saturated carbocycles. The fourth-order valence-corrected chi connectivity index (χ4v) is 3.73. The zero-order valence-electron chi connectivity index (χ0n) is 17.6. The zero-order chi connectivity index (χ0) is 20.5. The van der Waals surface area contributed by atoms with Crippen molar-refractivity contribution in [2.24, 2.45) is 4.99 Å². The van der Waals surface area contributed by atoms with Gasteiger partial charge in [0.2, 0.25) is 0 Å². The molecule has 1 aromatic rings. The van der Waals surface area contributed by atoms with E-state index in [1.807, 2.05) is 19.1 Å². The molecule has 8 heteroatoms. The molecule has 0 aromatic carbocycles. The lowest BCUT2D eigenvalue weighted by atomic mass is 10.0. The molecule has 8 nitrogen and oxygen atoms in total. The molecule has 0 aliphatic carbocycles. The molecule has 2 N–H and O–H groups in total. The first-order valence-corrected chi connectivity index (χ1v) is 10.7. The summed E-state index contributed by atoms with van der Waals surface area (Å²) in [6.45, 7) is 7.93. The van der Waals surface area contributed by atoms with Gasteiger partial charge in [-0.25, -0.2) is 4.79 Å². The molecular weight excluding hydrogens is 372 g/mol. The predicted octanol–water partition coefficient (Wildman–Crippen LogP) is 2.55. The van der Waals surface area contributed by atoms with Crippen molar-refractivity contribution in [3.8, 4) is 0 Å². The van der Waals surface area contributed by atoms with Gasteiger partial charge in [-0.1, -0.05) is 0 Å². The fraction of sp³-hybridized carbons (Fsp3) is 0.714. The predicted molar refractivity (Wildman–Crippen MR) is 111 cm³/mol. The normalized spacial score (nSPS) is 23.2. The minimum atomic E-state index is -0.220. The highest BCUT2D eigenvalue weighted by molar-refractivity contribution is 5.80. The van der Waals surface area contributed by atoms with Crippen molar-refractivity contribution in [2.75, 3.05) is 39.4 Å². The Balaban J connectivity index is 1.52. The Bertz CT molecular complexity index is 648. The summed E-state index contributed by atoms with van der Waals surface area (Å²) in [7, 11) is 0. The van der Waals surface area contributed by atoms with Crippen LogP contribution in [0.1, 0.15) is 45.3 Å². The van der Waals surface area contributed by atoms with Gasteiger partial charge in [0.25, 0.3) is 0 Å². The third kappa shape index (κ3) is 6.66. The minimum Gasteiger partial charge on any atom is -0.469 e. The number of hydrogen-bond donors (Lipinski definition) is 2. The number of piperidine rings is 1. The number of carbonyl (C=O) groups is 1. The van der Waals surface area contributed by atoms with E-state index in [1.54, 1.807) is 11.2 Å². The quantitative estimate of drug-likeness (QED) is 0.534. The summed E-state index contributed by atoms with van der Waals surface area (Å²) in [5.41, 5.74) is -0.178. The topological polar surface area (TPSA) is 88.3 Å². The maximum absolute atomic E-state index is 11.9. The summed E-state index contributed by atoms with van der Waals surface area (Å²) < 4.78 is 16.4. The first kappa shape index (κ1) is 21.5. The smallest absolute Gasteiger partial charge is 0.409 e. The van der Waals surface area contributed by atoms with Crippen molar-refractivity contribution in [3.05, 3.63) is 24.2 Å². The molecular formula is C21H34N4O4. The second kappa shape index (κ2) is 10.5. The lowest BCUT2D eigenvalue weighted by Crippen LogP contribution is -2.50. The van der Waals surface area contributed by atoms with Gasteiger partial charge in [-0.2, -0.15) is 0 Å². The summed E-state index contributed by atoms with van der Waals surface area (Å²) in [6, 6.07) is 4.15. The lowest BCUT2D eigenvalue weighted by Gasteiger charge is -2.32. The van der Waals surface area contributed by atoms with Crippen LogP contribution < -0.4 is 10.6 Å². The molecule has 3 heterocycles. The van der Waals surface area contributed by atoms with E-state index in [0.29, 0.717) is 26.2 Å². The number of carbonyl (C=O) groups excluding carboxylic acids is 1. The van der Waals surface area contributed by atoms with Crippen LogP contribution in [0.15, 0.2) is 27.8 Å². The summed E-state index contributed by atoms with van der Waals surface area (Å²) in [5, 5.41) is 6.96. The maximum atomic E-state index is 11.9. The zero-order valence-corrected chi connectivity index (χ0v) is 17.6. The molecule has 0 spiro atoms. The van der Waals surface area contributed by atoms with E-state index in [4.69, 9.17) is 18.9 Å². The highest BCUT2D eigenvalue weighted by Crippen LogP contribution is 2.25. The van der Waals surface area contributed by atoms with Crippen LogP contribution in [0.3, 0.4) is 0 Å². The van der Waals surface area contributed by atoms with Crippen molar-refractivity contribution in [1.82, 2.24) is 15.5 Å². The van der Waals surface area contributed by atoms with Crippen molar-refractivity contribution < 1.29 is 18.7 Å². The number of furan rings is 1. The number of hydrogen-bond acceptors (Lipinski definition) is 5. The summed E-state index contributed by atoms with van der Waals surface area (Å²) in [4.78, 5) is 18.5. The molecule has 1 aromatic heterocycles. The van der Waals surface area contributed by atoms with E-state index in [1.165, 1.54) is 0 Å². The van der Waals surface area contributed by atoms with Gasteiger partial charge < -0.3 is 29.4 Å². The molecule has 162 valence electrons. The van der Waals surface area contributed by atoms with Crippen LogP contribution in [-0.2, 0) is 15.9 Å². The number of rotatable bonds is 7. The van der Waals surface area contributed by atoms with Gasteiger partial charge in [0, 0.05) is 38.7 Å². The Kier molecular flexibility index (Phi) is 7.80. The Morgan fingerprint density at radius 3 is 2.90 bits per heavy atom. The Morgan fingerprint density at radius 2 is 2.24 bits per heavy atom. The van der Waals surface area contributed by atoms with E-state index in [0.717, 1.165) is 57.0 Å². The second-order valence-corrected chi connectivity index (χ2v) is 7.93. The summed E-state index contributed by atoms with van der Waals surface area (Å²) >= 11 is 0. The van der Waals surface area contributed by atoms with Crippen LogP contribution >= 0.6 is 0 Å². The molecule has 1 atom stereocenters. The molecule has 29 heavy (non-hydrogen) atoms. The number of amides is 1. The fourth-order valence-electron chi connectivity index (χ4n) is 3.73. The molecule has 0 radical (unpaired) electrons. The van der Waals surface area contributed by atoms with Crippen molar-refractivity contribution >= 4 is 12.1 Å². The molecule has 2 saturated heterocycles. The van der Waals surface area contributed by atoms with Crippen LogP contribution in [0.2, 0.25) is 0 Å². The van der Waals surface area contributed by atoms with E-state index in [9.17, 15) is 4.79 Å². The average molecular weight is 407 g/mol. The first-order valence-electron chi connectivity index (χ1n) is 10.7. The van der Waals surface area contributed by atoms with E-state index in [2.05, 4.69) is 17.6 Å². The Morgan fingerprint density at radius 1 is 1.41 bits per heavy atom. The second-order valence-electron chi connectivity index (χ2n) is 7.93. The number of guanidine groups is 1. The maximum Gasteiger partial charge on any atom is 0.409 e. The van der Waals surface area contributed by atoms with Crippen LogP contribution in [-0.4, -0.2) is 68.0 Å². The van der Waals surface area contributed by atoms with Gasteiger partial charge in [0.15, 0.2) is 5.96 Å². The number of aliphatic imine (C=N–C) groups is 1. The average Bonchev–Trinajstić information content (AvgIpc) is 3.39. The SMILES string of the molecule is CCOC(=O)N1CCC(NC(=NCC2(C)CCCO2)NCCc2ccco2)CC1. The Hall–Kier alpha value is -2.22.